The van der Waals surface area contributed by atoms with Crippen LogP contribution in [0.25, 0.3) is 0 Å². The van der Waals surface area contributed by atoms with Crippen LogP contribution in [0.5, 0.6) is 0 Å². The number of pyridine rings is 1. The Balaban J connectivity index is 1.70. The number of nitrogens with zero attached hydrogens (tertiary/aromatic N) is 1. The first-order valence-electron chi connectivity index (χ1n) is 10.2. The first kappa shape index (κ1) is 22.4. The summed E-state index contributed by atoms with van der Waals surface area (Å²) in [5.74, 6) is -2.46. The molecule has 0 bridgehead atoms. The molecular weight excluding hydrogens is 439 g/mol. The molecule has 4 rings (SSSR count). The van der Waals surface area contributed by atoms with Gasteiger partial charge in [0.05, 0.1) is 6.26 Å². The lowest BCUT2D eigenvalue weighted by atomic mass is 10.1. The van der Waals surface area contributed by atoms with Crippen molar-refractivity contribution < 1.29 is 27.2 Å². The molecule has 1 atom stereocenters. The van der Waals surface area contributed by atoms with Gasteiger partial charge in [0.15, 0.2) is 6.04 Å². The Kier molecular flexibility index (Phi) is 6.08. The molecule has 1 unspecified atom stereocenters. The van der Waals surface area contributed by atoms with E-state index >= 15 is 0 Å². The number of furan rings is 1. The highest BCUT2D eigenvalue weighted by Gasteiger charge is 2.44. The standard InChI is InChI=1S/C23H20F3N3O4/c24-23(25,26)20(18-7-4-10-33-18)28-22(32)17-13-29(11-14-5-2-1-3-6-14)12-16(19(17)30)21(31)27-15-8-9-15/h1-7,10,12-13,15,20H,8-9,11H2,(H,27,31)(H,28,32). The Morgan fingerprint density at radius 3 is 2.27 bits per heavy atom. The summed E-state index contributed by atoms with van der Waals surface area (Å²) in [7, 11) is 0. The zero-order chi connectivity index (χ0) is 23.6. The maximum Gasteiger partial charge on any atom is 0.415 e. The maximum absolute atomic E-state index is 13.6. The summed E-state index contributed by atoms with van der Waals surface area (Å²) < 4.78 is 46.9. The van der Waals surface area contributed by atoms with Crippen LogP contribution in [0.15, 0.2) is 70.3 Å². The maximum atomic E-state index is 13.6. The van der Waals surface area contributed by atoms with E-state index in [2.05, 4.69) is 5.32 Å². The average molecular weight is 459 g/mol. The number of nitrogens with one attached hydrogen (secondary N) is 2. The van der Waals surface area contributed by atoms with Gasteiger partial charge in [-0.3, -0.25) is 14.4 Å². The molecule has 1 aromatic carbocycles. The number of hydrogen-bond acceptors (Lipinski definition) is 4. The van der Waals surface area contributed by atoms with E-state index in [1.165, 1.54) is 16.8 Å². The second kappa shape index (κ2) is 8.97. The van der Waals surface area contributed by atoms with Crippen LogP contribution in [0.4, 0.5) is 13.2 Å². The Labute approximate surface area is 186 Å². The lowest BCUT2D eigenvalue weighted by Gasteiger charge is -2.20. The summed E-state index contributed by atoms with van der Waals surface area (Å²) in [5, 5.41) is 4.50. The third kappa shape index (κ3) is 5.33. The first-order valence-corrected chi connectivity index (χ1v) is 10.2. The van der Waals surface area contributed by atoms with Gasteiger partial charge in [0.1, 0.15) is 16.9 Å². The summed E-state index contributed by atoms with van der Waals surface area (Å²) >= 11 is 0. The Morgan fingerprint density at radius 2 is 1.70 bits per heavy atom. The SMILES string of the molecule is O=C(NC1CC1)c1cn(Cc2ccccc2)cc(C(=O)NC(c2ccco2)C(F)(F)F)c1=O. The fourth-order valence-corrected chi connectivity index (χ4v) is 3.31. The van der Waals surface area contributed by atoms with Gasteiger partial charge in [-0.2, -0.15) is 13.2 Å². The van der Waals surface area contributed by atoms with Gasteiger partial charge >= 0.3 is 6.18 Å². The molecule has 172 valence electrons. The topological polar surface area (TPSA) is 93.3 Å². The van der Waals surface area contributed by atoms with Crippen LogP contribution >= 0.6 is 0 Å². The van der Waals surface area contributed by atoms with Gasteiger partial charge in [-0.1, -0.05) is 30.3 Å². The number of aromatic nitrogens is 1. The van der Waals surface area contributed by atoms with Gasteiger partial charge in [0.25, 0.3) is 11.8 Å². The minimum Gasteiger partial charge on any atom is -0.467 e. The van der Waals surface area contributed by atoms with E-state index in [4.69, 9.17) is 4.42 Å². The zero-order valence-corrected chi connectivity index (χ0v) is 17.3. The summed E-state index contributed by atoms with van der Waals surface area (Å²) in [6.07, 6.45) is 0.195. The molecule has 7 nitrogen and oxygen atoms in total. The van der Waals surface area contributed by atoms with Crippen molar-refractivity contribution in [2.75, 3.05) is 0 Å². The monoisotopic (exact) mass is 459 g/mol. The second-order valence-corrected chi connectivity index (χ2v) is 7.78. The van der Waals surface area contributed by atoms with Crippen molar-refractivity contribution in [1.82, 2.24) is 15.2 Å². The Hall–Kier alpha value is -3.82. The molecule has 2 heterocycles. The molecule has 2 N–H and O–H groups in total. The van der Waals surface area contributed by atoms with Gasteiger partial charge < -0.3 is 19.6 Å². The summed E-state index contributed by atoms with van der Waals surface area (Å²) in [4.78, 5) is 38.4. The normalized spacial score (nSPS) is 14.5. The van der Waals surface area contributed by atoms with Crippen molar-refractivity contribution in [3.05, 3.63) is 93.8 Å². The highest BCUT2D eigenvalue weighted by atomic mass is 19.4. The minimum absolute atomic E-state index is 0.0504. The van der Waals surface area contributed by atoms with Crippen molar-refractivity contribution in [2.45, 2.75) is 37.6 Å². The number of amides is 2. The fourth-order valence-electron chi connectivity index (χ4n) is 3.31. The molecule has 33 heavy (non-hydrogen) atoms. The average Bonchev–Trinajstić information content (AvgIpc) is 3.42. The summed E-state index contributed by atoms with van der Waals surface area (Å²) in [6, 6.07) is 8.84. The zero-order valence-electron chi connectivity index (χ0n) is 17.3. The lowest BCUT2D eigenvalue weighted by molar-refractivity contribution is -0.159. The number of carbonyl (C=O) groups excluding carboxylic acids is 2. The molecule has 2 amide bonds. The lowest BCUT2D eigenvalue weighted by Crippen LogP contribution is -2.41. The second-order valence-electron chi connectivity index (χ2n) is 7.78. The van der Waals surface area contributed by atoms with E-state index in [-0.39, 0.29) is 18.2 Å². The molecule has 0 radical (unpaired) electrons. The molecule has 2 aromatic heterocycles. The van der Waals surface area contributed by atoms with Crippen molar-refractivity contribution in [1.29, 1.82) is 0 Å². The summed E-state index contributed by atoms with van der Waals surface area (Å²) in [5.41, 5.74) is -1.03. The van der Waals surface area contributed by atoms with Crippen molar-refractivity contribution >= 4 is 11.8 Å². The van der Waals surface area contributed by atoms with E-state index in [0.29, 0.717) is 0 Å². The van der Waals surface area contributed by atoms with Gasteiger partial charge in [0.2, 0.25) is 5.43 Å². The number of carbonyl (C=O) groups is 2. The minimum atomic E-state index is -4.86. The highest BCUT2D eigenvalue weighted by Crippen LogP contribution is 2.33. The third-order valence-corrected chi connectivity index (χ3v) is 5.12. The predicted octanol–water partition coefficient (Wildman–Crippen LogP) is 3.42. The van der Waals surface area contributed by atoms with E-state index in [9.17, 15) is 27.6 Å². The molecule has 1 aliphatic rings. The van der Waals surface area contributed by atoms with Crippen LogP contribution < -0.4 is 16.1 Å². The molecule has 1 fully saturated rings. The molecule has 0 aliphatic heterocycles. The fraction of sp³-hybridized carbons (Fsp3) is 0.261. The molecule has 0 saturated heterocycles. The van der Waals surface area contributed by atoms with E-state index in [1.807, 2.05) is 11.4 Å². The third-order valence-electron chi connectivity index (χ3n) is 5.12. The molecular formula is C23H20F3N3O4. The van der Waals surface area contributed by atoms with Crippen molar-refractivity contribution in [2.24, 2.45) is 0 Å². The van der Waals surface area contributed by atoms with Crippen LogP contribution in [0.3, 0.4) is 0 Å². The largest absolute Gasteiger partial charge is 0.467 e. The van der Waals surface area contributed by atoms with Gasteiger partial charge in [-0.25, -0.2) is 0 Å². The number of rotatable bonds is 7. The predicted molar refractivity (Wildman–Crippen MR) is 112 cm³/mol. The molecule has 1 saturated carbocycles. The van der Waals surface area contributed by atoms with Crippen LogP contribution in [-0.2, 0) is 6.54 Å². The Morgan fingerprint density at radius 1 is 1.03 bits per heavy atom. The van der Waals surface area contributed by atoms with Crippen molar-refractivity contribution in [3.8, 4) is 0 Å². The van der Waals surface area contributed by atoms with Crippen LogP contribution in [-0.4, -0.2) is 28.6 Å². The van der Waals surface area contributed by atoms with Gasteiger partial charge in [-0.05, 0) is 30.5 Å². The number of halogens is 3. The van der Waals surface area contributed by atoms with E-state index in [1.54, 1.807) is 24.3 Å². The molecule has 1 aliphatic carbocycles. The molecule has 0 spiro atoms. The van der Waals surface area contributed by atoms with E-state index < -0.39 is 40.8 Å². The first-order chi connectivity index (χ1) is 15.7. The van der Waals surface area contributed by atoms with E-state index in [0.717, 1.165) is 36.9 Å². The highest BCUT2D eigenvalue weighted by molar-refractivity contribution is 5.99. The molecule has 10 heteroatoms. The molecule has 3 aromatic rings. The number of alkyl halides is 3. The van der Waals surface area contributed by atoms with Gasteiger partial charge in [0, 0.05) is 25.0 Å². The van der Waals surface area contributed by atoms with Gasteiger partial charge in [-0.15, -0.1) is 0 Å². The van der Waals surface area contributed by atoms with Crippen LogP contribution in [0.2, 0.25) is 0 Å². The van der Waals surface area contributed by atoms with Crippen LogP contribution in [0, 0.1) is 0 Å². The summed E-state index contributed by atoms with van der Waals surface area (Å²) in [6.45, 7) is 0.200. The van der Waals surface area contributed by atoms with Crippen molar-refractivity contribution in [3.63, 3.8) is 0 Å². The smallest absolute Gasteiger partial charge is 0.415 e. The number of benzene rings is 1. The Bertz CT molecular complexity index is 1200. The number of hydrogen-bond donors (Lipinski definition) is 2. The quantitative estimate of drug-likeness (QED) is 0.566. The van der Waals surface area contributed by atoms with Crippen LogP contribution in [0.1, 0.15) is 50.9 Å².